The number of hydrogen-bond donors (Lipinski definition) is 0. The molecule has 0 aromatic carbocycles. The van der Waals surface area contributed by atoms with Crippen LogP contribution in [-0.4, -0.2) is 35.2 Å². The second kappa shape index (κ2) is 7.10. The molecule has 0 saturated carbocycles. The molecule has 0 bridgehead atoms. The summed E-state index contributed by atoms with van der Waals surface area (Å²) in [5, 5.41) is 1.20. The molecular weight excluding hydrogens is 262 g/mol. The van der Waals surface area contributed by atoms with Crippen molar-refractivity contribution >= 4 is 22.8 Å². The lowest BCUT2D eigenvalue weighted by molar-refractivity contribution is -0.147. The molecular formula is C14H21NO3S. The first-order chi connectivity index (χ1) is 9.19. The van der Waals surface area contributed by atoms with Crippen molar-refractivity contribution < 1.29 is 14.3 Å². The van der Waals surface area contributed by atoms with Gasteiger partial charge in [0.15, 0.2) is 0 Å². The largest absolute Gasteiger partial charge is 0.463 e. The zero-order valence-electron chi connectivity index (χ0n) is 11.5. The molecule has 4 nitrogen and oxygen atoms in total. The minimum absolute atomic E-state index is 0.0303. The quantitative estimate of drug-likeness (QED) is 0.575. The second-order valence-corrected chi connectivity index (χ2v) is 5.99. The van der Waals surface area contributed by atoms with Crippen LogP contribution in [0.15, 0.2) is 17.1 Å². The standard InChI is InChI=1S/C14H21NO3S/c1-3-4-5-6-13-15-12-8-7-11(9-17-10(2)16)18-14(12)19-13/h3-4,11-12,14H,5-9H2,1-2H3/b4-3+. The fourth-order valence-corrected chi connectivity index (χ4v) is 3.52. The van der Waals surface area contributed by atoms with Crippen LogP contribution in [0, 0.1) is 0 Å². The Morgan fingerprint density at radius 1 is 1.58 bits per heavy atom. The molecule has 1 fully saturated rings. The summed E-state index contributed by atoms with van der Waals surface area (Å²) in [6, 6.07) is 0.291. The lowest BCUT2D eigenvalue weighted by atomic mass is 10.1. The van der Waals surface area contributed by atoms with E-state index in [-0.39, 0.29) is 17.5 Å². The molecule has 0 spiro atoms. The Balaban J connectivity index is 1.77. The summed E-state index contributed by atoms with van der Waals surface area (Å²) < 4.78 is 11.0. The van der Waals surface area contributed by atoms with Crippen LogP contribution in [0.2, 0.25) is 0 Å². The Morgan fingerprint density at radius 2 is 2.42 bits per heavy atom. The summed E-state index contributed by atoms with van der Waals surface area (Å²) >= 11 is 1.74. The van der Waals surface area contributed by atoms with E-state index in [9.17, 15) is 4.79 Å². The maximum absolute atomic E-state index is 10.8. The third kappa shape index (κ3) is 4.35. The SMILES string of the molecule is C/C=C/CCC1=NC2CCC(COC(C)=O)OC2S1. The van der Waals surface area contributed by atoms with E-state index in [0.29, 0.717) is 12.6 Å². The van der Waals surface area contributed by atoms with Gasteiger partial charge < -0.3 is 9.47 Å². The summed E-state index contributed by atoms with van der Waals surface area (Å²) in [5.74, 6) is -0.243. The minimum atomic E-state index is -0.243. The highest BCUT2D eigenvalue weighted by molar-refractivity contribution is 8.14. The van der Waals surface area contributed by atoms with E-state index in [0.717, 1.165) is 25.7 Å². The second-order valence-electron chi connectivity index (χ2n) is 4.82. The minimum Gasteiger partial charge on any atom is -0.463 e. The highest BCUT2D eigenvalue weighted by Gasteiger charge is 2.36. The maximum Gasteiger partial charge on any atom is 0.302 e. The van der Waals surface area contributed by atoms with Gasteiger partial charge in [0, 0.05) is 6.92 Å². The molecule has 2 heterocycles. The van der Waals surface area contributed by atoms with Crippen LogP contribution in [0.3, 0.4) is 0 Å². The van der Waals surface area contributed by atoms with Crippen LogP contribution in [0.5, 0.6) is 0 Å². The molecule has 0 aliphatic carbocycles. The summed E-state index contributed by atoms with van der Waals surface area (Å²) in [4.78, 5) is 15.5. The normalized spacial score (nSPS) is 30.2. The highest BCUT2D eigenvalue weighted by Crippen LogP contribution is 2.37. The third-order valence-electron chi connectivity index (χ3n) is 3.22. The van der Waals surface area contributed by atoms with Gasteiger partial charge in [0.2, 0.25) is 0 Å². The van der Waals surface area contributed by atoms with Gasteiger partial charge >= 0.3 is 5.97 Å². The first kappa shape index (κ1) is 14.6. The first-order valence-corrected chi connectivity index (χ1v) is 7.70. The van der Waals surface area contributed by atoms with Crippen molar-refractivity contribution in [3.8, 4) is 0 Å². The van der Waals surface area contributed by atoms with Gasteiger partial charge in [0.1, 0.15) is 12.0 Å². The average molecular weight is 283 g/mol. The Labute approximate surface area is 118 Å². The highest BCUT2D eigenvalue weighted by atomic mass is 32.2. The fourth-order valence-electron chi connectivity index (χ4n) is 2.25. The van der Waals surface area contributed by atoms with Crippen molar-refractivity contribution in [1.29, 1.82) is 0 Å². The van der Waals surface area contributed by atoms with Crippen molar-refractivity contribution in [3.63, 3.8) is 0 Å². The summed E-state index contributed by atoms with van der Waals surface area (Å²) in [6.07, 6.45) is 8.24. The molecule has 2 rings (SSSR count). The van der Waals surface area contributed by atoms with Gasteiger partial charge in [-0.25, -0.2) is 0 Å². The van der Waals surface area contributed by atoms with Gasteiger partial charge in [0.25, 0.3) is 0 Å². The van der Waals surface area contributed by atoms with Crippen molar-refractivity contribution in [1.82, 2.24) is 0 Å². The number of carbonyl (C=O) groups is 1. The predicted molar refractivity (Wildman–Crippen MR) is 77.4 cm³/mol. The number of fused-ring (bicyclic) bond motifs is 1. The monoisotopic (exact) mass is 283 g/mol. The molecule has 106 valence electrons. The molecule has 0 aromatic heterocycles. The zero-order chi connectivity index (χ0) is 13.7. The molecule has 19 heavy (non-hydrogen) atoms. The summed E-state index contributed by atoms with van der Waals surface area (Å²) in [5.41, 5.74) is 0.120. The summed E-state index contributed by atoms with van der Waals surface area (Å²) in [6.45, 7) is 3.83. The number of esters is 1. The topological polar surface area (TPSA) is 47.9 Å². The Morgan fingerprint density at radius 3 is 3.16 bits per heavy atom. The fraction of sp³-hybridized carbons (Fsp3) is 0.714. The van der Waals surface area contributed by atoms with E-state index in [1.165, 1.54) is 12.0 Å². The molecule has 5 heteroatoms. The van der Waals surface area contributed by atoms with Gasteiger partial charge in [0.05, 0.1) is 17.2 Å². The van der Waals surface area contributed by atoms with Crippen LogP contribution in [0.25, 0.3) is 0 Å². The van der Waals surface area contributed by atoms with Gasteiger partial charge in [-0.2, -0.15) is 0 Å². The Hall–Kier alpha value is -0.810. The maximum atomic E-state index is 10.8. The zero-order valence-corrected chi connectivity index (χ0v) is 12.3. The van der Waals surface area contributed by atoms with E-state index in [1.54, 1.807) is 11.8 Å². The average Bonchev–Trinajstić information content (AvgIpc) is 2.78. The molecule has 2 aliphatic heterocycles. The van der Waals surface area contributed by atoms with Crippen molar-refractivity contribution in [2.45, 2.75) is 57.1 Å². The Kier molecular flexibility index (Phi) is 5.45. The number of hydrogen-bond acceptors (Lipinski definition) is 5. The Bertz CT molecular complexity index is 381. The van der Waals surface area contributed by atoms with Gasteiger partial charge in [-0.1, -0.05) is 23.9 Å². The molecule has 3 unspecified atom stereocenters. The number of rotatable bonds is 5. The lowest BCUT2D eigenvalue weighted by Crippen LogP contribution is -2.36. The lowest BCUT2D eigenvalue weighted by Gasteiger charge is -2.30. The summed E-state index contributed by atoms with van der Waals surface area (Å²) in [7, 11) is 0. The predicted octanol–water partition coefficient (Wildman–Crippen LogP) is 2.92. The smallest absolute Gasteiger partial charge is 0.302 e. The van der Waals surface area contributed by atoms with Crippen molar-refractivity contribution in [3.05, 3.63) is 12.2 Å². The van der Waals surface area contributed by atoms with E-state index in [4.69, 9.17) is 14.5 Å². The number of nitrogens with zero attached hydrogens (tertiary/aromatic N) is 1. The molecule has 0 radical (unpaired) electrons. The molecule has 3 atom stereocenters. The van der Waals surface area contributed by atoms with Crippen molar-refractivity contribution in [2.75, 3.05) is 6.61 Å². The molecule has 2 aliphatic rings. The van der Waals surface area contributed by atoms with E-state index in [2.05, 4.69) is 12.2 Å². The number of ether oxygens (including phenoxy) is 2. The van der Waals surface area contributed by atoms with Crippen LogP contribution in [-0.2, 0) is 14.3 Å². The first-order valence-electron chi connectivity index (χ1n) is 6.82. The third-order valence-corrected chi connectivity index (χ3v) is 4.46. The number of thioether (sulfide) groups is 1. The van der Waals surface area contributed by atoms with Crippen LogP contribution in [0.4, 0.5) is 0 Å². The van der Waals surface area contributed by atoms with Crippen molar-refractivity contribution in [2.24, 2.45) is 4.99 Å². The number of carbonyl (C=O) groups excluding carboxylic acids is 1. The van der Waals surface area contributed by atoms with Gasteiger partial charge in [-0.05, 0) is 32.6 Å². The molecule has 0 aromatic rings. The van der Waals surface area contributed by atoms with E-state index >= 15 is 0 Å². The van der Waals surface area contributed by atoms with E-state index < -0.39 is 0 Å². The van der Waals surface area contributed by atoms with Gasteiger partial charge in [-0.15, -0.1) is 0 Å². The number of aliphatic imine (C=N–C) groups is 1. The number of allylic oxidation sites excluding steroid dienone is 2. The molecule has 0 N–H and O–H groups in total. The van der Waals surface area contributed by atoms with Gasteiger partial charge in [-0.3, -0.25) is 9.79 Å². The van der Waals surface area contributed by atoms with Crippen LogP contribution >= 0.6 is 11.8 Å². The molecule has 1 saturated heterocycles. The molecule has 0 amide bonds. The van der Waals surface area contributed by atoms with Crippen LogP contribution < -0.4 is 0 Å². The van der Waals surface area contributed by atoms with Crippen LogP contribution in [0.1, 0.15) is 39.5 Å². The van der Waals surface area contributed by atoms with E-state index in [1.807, 2.05) is 6.92 Å².